The normalized spacial score (nSPS) is 11.4. The highest BCUT2D eigenvalue weighted by molar-refractivity contribution is 7.89. The summed E-state index contributed by atoms with van der Waals surface area (Å²) in [5, 5.41) is 4.86. The lowest BCUT2D eigenvalue weighted by Gasteiger charge is -2.12. The lowest BCUT2D eigenvalue weighted by Crippen LogP contribution is -2.42. The smallest absolute Gasteiger partial charge is 0.287 e. The van der Waals surface area contributed by atoms with Crippen LogP contribution >= 0.6 is 11.6 Å². The van der Waals surface area contributed by atoms with Gasteiger partial charge in [-0.25, -0.2) is 13.1 Å². The molecule has 0 fully saturated rings. The molecule has 2 aromatic carbocycles. The molecule has 0 aliphatic carbocycles. The third-order valence-corrected chi connectivity index (χ3v) is 5.79. The van der Waals surface area contributed by atoms with Gasteiger partial charge in [0.05, 0.1) is 22.4 Å². The van der Waals surface area contributed by atoms with Crippen LogP contribution in [0.25, 0.3) is 10.8 Å². The molecule has 0 aliphatic heterocycles. The number of carbonyl (C=O) groups excluding carboxylic acids is 1. The minimum Gasteiger partial charge on any atom is -0.495 e. The number of aryl methyl sites for hydroxylation is 1. The Morgan fingerprint density at radius 3 is 2.53 bits per heavy atom. The molecule has 0 saturated carbocycles. The maximum atomic E-state index is 12.7. The van der Waals surface area contributed by atoms with Gasteiger partial charge in [-0.1, -0.05) is 36.7 Å². The van der Waals surface area contributed by atoms with E-state index in [1.54, 1.807) is 24.3 Å². The molecule has 158 valence electrons. The summed E-state index contributed by atoms with van der Waals surface area (Å²) in [4.78, 5) is 27.1. The SMILES string of the molecule is CCCn1nc(C(=O)NNS(=O)(=O)c2ccc(OC)c(Cl)c2)c2ccccc2c1=O. The highest BCUT2D eigenvalue weighted by atomic mass is 35.5. The number of hydrazine groups is 1. The van der Waals surface area contributed by atoms with Gasteiger partial charge >= 0.3 is 0 Å². The van der Waals surface area contributed by atoms with Crippen LogP contribution in [0.1, 0.15) is 23.8 Å². The van der Waals surface area contributed by atoms with Crippen molar-refractivity contribution in [3.63, 3.8) is 0 Å². The number of rotatable bonds is 7. The summed E-state index contributed by atoms with van der Waals surface area (Å²) < 4.78 is 31.2. The van der Waals surface area contributed by atoms with Gasteiger partial charge in [-0.05, 0) is 30.7 Å². The van der Waals surface area contributed by atoms with Gasteiger partial charge in [-0.3, -0.25) is 15.0 Å². The molecule has 1 aromatic heterocycles. The Bertz CT molecular complexity index is 1270. The third kappa shape index (κ3) is 4.30. The van der Waals surface area contributed by atoms with Gasteiger partial charge in [-0.15, -0.1) is 4.83 Å². The van der Waals surface area contributed by atoms with E-state index >= 15 is 0 Å². The van der Waals surface area contributed by atoms with E-state index in [0.717, 1.165) is 0 Å². The van der Waals surface area contributed by atoms with Gasteiger partial charge < -0.3 is 4.74 Å². The lowest BCUT2D eigenvalue weighted by atomic mass is 10.1. The van der Waals surface area contributed by atoms with E-state index < -0.39 is 15.9 Å². The second kappa shape index (κ2) is 8.82. The molecule has 0 bridgehead atoms. The van der Waals surface area contributed by atoms with E-state index in [-0.39, 0.29) is 21.2 Å². The summed E-state index contributed by atoms with van der Waals surface area (Å²) in [5.41, 5.74) is 1.74. The van der Waals surface area contributed by atoms with Gasteiger partial charge in [0.2, 0.25) is 0 Å². The average Bonchev–Trinajstić information content (AvgIpc) is 2.74. The zero-order chi connectivity index (χ0) is 21.9. The molecule has 3 aromatic rings. The van der Waals surface area contributed by atoms with Crippen LogP contribution in [0.3, 0.4) is 0 Å². The minimum absolute atomic E-state index is 0.0749. The summed E-state index contributed by atoms with van der Waals surface area (Å²) in [7, 11) is -2.70. The van der Waals surface area contributed by atoms with Gasteiger partial charge in [-0.2, -0.15) is 5.10 Å². The molecule has 1 amide bonds. The number of hydrogen-bond acceptors (Lipinski definition) is 6. The van der Waals surface area contributed by atoms with Crippen molar-refractivity contribution in [3.05, 3.63) is 63.5 Å². The van der Waals surface area contributed by atoms with Gasteiger partial charge in [0, 0.05) is 11.9 Å². The number of aromatic nitrogens is 2. The Morgan fingerprint density at radius 1 is 1.20 bits per heavy atom. The molecular formula is C19H19ClN4O5S. The zero-order valence-electron chi connectivity index (χ0n) is 16.2. The molecule has 1 heterocycles. The van der Waals surface area contributed by atoms with E-state index in [9.17, 15) is 18.0 Å². The molecule has 0 radical (unpaired) electrons. The van der Waals surface area contributed by atoms with Crippen LogP contribution in [0.5, 0.6) is 5.75 Å². The molecule has 3 rings (SSSR count). The van der Waals surface area contributed by atoms with Gasteiger partial charge in [0.25, 0.3) is 21.5 Å². The Hall–Kier alpha value is -2.95. The van der Waals surface area contributed by atoms with Crippen LogP contribution in [-0.2, 0) is 16.6 Å². The topological polar surface area (TPSA) is 119 Å². The number of amides is 1. The number of methoxy groups -OCH3 is 1. The van der Waals surface area contributed by atoms with Crippen LogP contribution in [0.15, 0.2) is 52.2 Å². The fourth-order valence-electron chi connectivity index (χ4n) is 2.81. The van der Waals surface area contributed by atoms with Crippen LogP contribution in [0.4, 0.5) is 0 Å². The number of halogens is 1. The molecule has 0 aliphatic rings. The quantitative estimate of drug-likeness (QED) is 0.532. The number of nitrogens with one attached hydrogen (secondary N) is 2. The number of fused-ring (bicyclic) bond motifs is 1. The van der Waals surface area contributed by atoms with E-state index in [1.807, 2.05) is 11.8 Å². The first-order valence-corrected chi connectivity index (χ1v) is 10.8. The summed E-state index contributed by atoms with van der Waals surface area (Å²) in [6.45, 7) is 2.19. The first-order chi connectivity index (χ1) is 14.3. The van der Waals surface area contributed by atoms with Gasteiger partial charge in [0.1, 0.15) is 5.75 Å². The van der Waals surface area contributed by atoms with Crippen molar-refractivity contribution >= 4 is 38.3 Å². The molecule has 0 atom stereocenters. The minimum atomic E-state index is -4.11. The molecular weight excluding hydrogens is 432 g/mol. The van der Waals surface area contributed by atoms with E-state index in [2.05, 4.69) is 10.5 Å². The Morgan fingerprint density at radius 2 is 1.90 bits per heavy atom. The highest BCUT2D eigenvalue weighted by Crippen LogP contribution is 2.26. The predicted octanol–water partition coefficient (Wildman–Crippen LogP) is 2.09. The van der Waals surface area contributed by atoms with Crippen molar-refractivity contribution in [2.45, 2.75) is 24.8 Å². The summed E-state index contributed by atoms with van der Waals surface area (Å²) in [6.07, 6.45) is 0.636. The number of hydrogen-bond donors (Lipinski definition) is 2. The average molecular weight is 451 g/mol. The van der Waals surface area contributed by atoms with Crippen LogP contribution in [0.2, 0.25) is 5.02 Å². The monoisotopic (exact) mass is 450 g/mol. The summed E-state index contributed by atoms with van der Waals surface area (Å²) >= 11 is 5.97. The van der Waals surface area contributed by atoms with Crippen molar-refractivity contribution in [1.82, 2.24) is 20.0 Å². The van der Waals surface area contributed by atoms with E-state index in [4.69, 9.17) is 16.3 Å². The highest BCUT2D eigenvalue weighted by Gasteiger charge is 2.20. The second-order valence-electron chi connectivity index (χ2n) is 6.28. The van der Waals surface area contributed by atoms with Crippen molar-refractivity contribution in [1.29, 1.82) is 0 Å². The van der Waals surface area contributed by atoms with E-state index in [1.165, 1.54) is 30.0 Å². The van der Waals surface area contributed by atoms with Crippen molar-refractivity contribution in [2.75, 3.05) is 7.11 Å². The van der Waals surface area contributed by atoms with Crippen molar-refractivity contribution in [3.8, 4) is 5.75 Å². The Balaban J connectivity index is 1.91. The first kappa shape index (κ1) is 21.8. The van der Waals surface area contributed by atoms with Crippen LogP contribution < -0.4 is 20.6 Å². The van der Waals surface area contributed by atoms with Crippen molar-refractivity contribution in [2.24, 2.45) is 0 Å². The third-order valence-electron chi connectivity index (χ3n) is 4.25. The zero-order valence-corrected chi connectivity index (χ0v) is 17.7. The second-order valence-corrected chi connectivity index (χ2v) is 8.37. The fourth-order valence-corrected chi connectivity index (χ4v) is 4.00. The Kier molecular flexibility index (Phi) is 6.40. The maximum absolute atomic E-state index is 12.7. The number of benzene rings is 2. The van der Waals surface area contributed by atoms with Crippen LogP contribution in [0, 0.1) is 0 Å². The molecule has 9 nitrogen and oxygen atoms in total. The van der Waals surface area contributed by atoms with Crippen LogP contribution in [-0.4, -0.2) is 31.2 Å². The van der Waals surface area contributed by atoms with Crippen molar-refractivity contribution < 1.29 is 17.9 Å². The Labute approximate surface area is 177 Å². The number of ether oxygens (including phenoxy) is 1. The molecule has 11 heteroatoms. The fraction of sp³-hybridized carbons (Fsp3) is 0.211. The standard InChI is InChI=1S/C19H19ClN4O5S/c1-3-10-24-19(26)14-7-5-4-6-13(14)17(22-24)18(25)21-23-30(27,28)12-8-9-16(29-2)15(20)11-12/h4-9,11,23H,3,10H2,1-2H3,(H,21,25). The largest absolute Gasteiger partial charge is 0.495 e. The summed E-state index contributed by atoms with van der Waals surface area (Å²) in [5.74, 6) is -0.493. The van der Waals surface area contributed by atoms with E-state index in [0.29, 0.717) is 29.5 Å². The summed E-state index contributed by atoms with van der Waals surface area (Å²) in [6, 6.07) is 10.4. The molecule has 0 unspecified atom stereocenters. The first-order valence-electron chi connectivity index (χ1n) is 8.94. The maximum Gasteiger partial charge on any atom is 0.287 e. The number of carbonyl (C=O) groups is 1. The molecule has 30 heavy (non-hydrogen) atoms. The number of sulfonamides is 1. The molecule has 0 spiro atoms. The number of nitrogens with zero attached hydrogens (tertiary/aromatic N) is 2. The lowest BCUT2D eigenvalue weighted by molar-refractivity contribution is 0.0939. The molecule has 2 N–H and O–H groups in total. The molecule has 0 saturated heterocycles. The predicted molar refractivity (Wildman–Crippen MR) is 112 cm³/mol. The van der Waals surface area contributed by atoms with Gasteiger partial charge in [0.15, 0.2) is 5.69 Å².